The summed E-state index contributed by atoms with van der Waals surface area (Å²) in [7, 11) is 0. The van der Waals surface area contributed by atoms with E-state index in [1.54, 1.807) is 35.6 Å². The third-order valence-electron chi connectivity index (χ3n) is 5.44. The van der Waals surface area contributed by atoms with E-state index < -0.39 is 0 Å². The molecule has 1 aliphatic rings. The standard InChI is InChI=1S/C24H21N5O2S2/c1-15(30)17-7-4-8-19(11-17)27-20(31)13-32-23-21-22(25-14-26-23)28-24(33-21)29-10-9-16-5-2-3-6-18(16)12-29/h2-8,11,14H,9-10,12-13H2,1H3,(H,27,31). The topological polar surface area (TPSA) is 88.1 Å². The number of aromatic nitrogens is 3. The number of carbonyl (C=O) groups is 2. The van der Waals surface area contributed by atoms with Crippen LogP contribution in [0.3, 0.4) is 0 Å². The maximum absolute atomic E-state index is 12.5. The molecule has 1 N–H and O–H groups in total. The molecule has 0 fully saturated rings. The smallest absolute Gasteiger partial charge is 0.234 e. The highest BCUT2D eigenvalue weighted by molar-refractivity contribution is 8.00. The van der Waals surface area contributed by atoms with Crippen LogP contribution in [0.2, 0.25) is 0 Å². The van der Waals surface area contributed by atoms with Gasteiger partial charge in [0.15, 0.2) is 16.6 Å². The van der Waals surface area contributed by atoms with Gasteiger partial charge in [0, 0.05) is 24.3 Å². The van der Waals surface area contributed by atoms with Gasteiger partial charge in [0.1, 0.15) is 16.1 Å². The maximum Gasteiger partial charge on any atom is 0.234 e. The molecular formula is C24H21N5O2S2. The second-order valence-electron chi connectivity index (χ2n) is 7.74. The van der Waals surface area contributed by atoms with E-state index in [-0.39, 0.29) is 17.4 Å². The molecule has 0 aliphatic carbocycles. The summed E-state index contributed by atoms with van der Waals surface area (Å²) in [5.41, 5.74) is 4.54. The third-order valence-corrected chi connectivity index (χ3v) is 7.67. The SMILES string of the molecule is CC(=O)c1cccc(NC(=O)CSc2ncnc3nc(N4CCc5ccccc5C4)sc23)c1. The number of benzene rings is 2. The van der Waals surface area contributed by atoms with Crippen LogP contribution < -0.4 is 10.2 Å². The van der Waals surface area contributed by atoms with Crippen LogP contribution in [0.1, 0.15) is 28.4 Å². The molecular weight excluding hydrogens is 454 g/mol. The van der Waals surface area contributed by atoms with Crippen LogP contribution in [-0.4, -0.2) is 38.9 Å². The second-order valence-corrected chi connectivity index (χ2v) is 9.68. The van der Waals surface area contributed by atoms with Gasteiger partial charge in [-0.15, -0.1) is 0 Å². The van der Waals surface area contributed by atoms with Crippen molar-refractivity contribution in [1.82, 2.24) is 15.0 Å². The molecule has 2 aromatic carbocycles. The number of hydrogen-bond donors (Lipinski definition) is 1. The first-order chi connectivity index (χ1) is 16.1. The van der Waals surface area contributed by atoms with E-state index in [0.717, 1.165) is 34.4 Å². The first kappa shape index (κ1) is 21.5. The minimum Gasteiger partial charge on any atom is -0.343 e. The molecule has 0 saturated heterocycles. The lowest BCUT2D eigenvalue weighted by molar-refractivity contribution is -0.113. The van der Waals surface area contributed by atoms with Crippen LogP contribution in [0.25, 0.3) is 10.3 Å². The fourth-order valence-corrected chi connectivity index (χ4v) is 5.68. The summed E-state index contributed by atoms with van der Waals surface area (Å²) in [5, 5.41) is 4.51. The Hall–Kier alpha value is -3.30. The van der Waals surface area contributed by atoms with Gasteiger partial charge >= 0.3 is 0 Å². The number of thioether (sulfide) groups is 1. The van der Waals surface area contributed by atoms with Gasteiger partial charge < -0.3 is 10.2 Å². The molecule has 1 aliphatic heterocycles. The van der Waals surface area contributed by atoms with Gasteiger partial charge in [-0.3, -0.25) is 9.59 Å². The molecule has 3 heterocycles. The molecule has 33 heavy (non-hydrogen) atoms. The number of thiazole rings is 1. The Labute approximate surface area is 199 Å². The molecule has 0 spiro atoms. The van der Waals surface area contributed by atoms with Gasteiger partial charge in [-0.25, -0.2) is 9.97 Å². The normalized spacial score (nSPS) is 13.1. The molecule has 0 atom stereocenters. The number of nitrogens with one attached hydrogen (secondary N) is 1. The summed E-state index contributed by atoms with van der Waals surface area (Å²) in [5.74, 6) is -0.00678. The van der Waals surface area contributed by atoms with Crippen molar-refractivity contribution < 1.29 is 9.59 Å². The Morgan fingerprint density at radius 2 is 1.97 bits per heavy atom. The van der Waals surface area contributed by atoms with Crippen molar-refractivity contribution in [2.24, 2.45) is 0 Å². The molecule has 4 aromatic rings. The minimum atomic E-state index is -0.162. The Bertz CT molecular complexity index is 1350. The van der Waals surface area contributed by atoms with Crippen molar-refractivity contribution >= 4 is 56.0 Å². The zero-order chi connectivity index (χ0) is 22.8. The zero-order valence-corrected chi connectivity index (χ0v) is 19.6. The van der Waals surface area contributed by atoms with Crippen molar-refractivity contribution in [2.75, 3.05) is 22.5 Å². The maximum atomic E-state index is 12.5. The minimum absolute atomic E-state index is 0.0398. The summed E-state index contributed by atoms with van der Waals surface area (Å²) in [6.07, 6.45) is 2.48. The van der Waals surface area contributed by atoms with Crippen LogP contribution >= 0.6 is 23.1 Å². The van der Waals surface area contributed by atoms with Crippen molar-refractivity contribution in [3.63, 3.8) is 0 Å². The highest BCUT2D eigenvalue weighted by atomic mass is 32.2. The summed E-state index contributed by atoms with van der Waals surface area (Å²) in [6.45, 7) is 3.24. The van der Waals surface area contributed by atoms with E-state index in [1.807, 2.05) is 0 Å². The molecule has 5 rings (SSSR count). The van der Waals surface area contributed by atoms with Crippen LogP contribution in [-0.2, 0) is 17.8 Å². The van der Waals surface area contributed by atoms with Gasteiger partial charge in [-0.2, -0.15) is 4.98 Å². The van der Waals surface area contributed by atoms with Gasteiger partial charge in [0.05, 0.1) is 5.75 Å². The average molecular weight is 476 g/mol. The zero-order valence-electron chi connectivity index (χ0n) is 17.9. The molecule has 9 heteroatoms. The van der Waals surface area contributed by atoms with Gasteiger partial charge in [-0.1, -0.05) is 59.5 Å². The van der Waals surface area contributed by atoms with Crippen molar-refractivity contribution in [1.29, 1.82) is 0 Å². The molecule has 1 amide bonds. The number of ketones is 1. The lowest BCUT2D eigenvalue weighted by atomic mass is 10.0. The number of anilines is 2. The van der Waals surface area contributed by atoms with Crippen molar-refractivity contribution in [3.8, 4) is 0 Å². The number of carbonyl (C=O) groups excluding carboxylic acids is 2. The van der Waals surface area contributed by atoms with Crippen molar-refractivity contribution in [3.05, 3.63) is 71.5 Å². The Morgan fingerprint density at radius 1 is 1.12 bits per heavy atom. The van der Waals surface area contributed by atoms with E-state index in [9.17, 15) is 9.59 Å². The van der Waals surface area contributed by atoms with E-state index in [1.165, 1.54) is 36.1 Å². The number of fused-ring (bicyclic) bond motifs is 2. The first-order valence-electron chi connectivity index (χ1n) is 10.5. The Balaban J connectivity index is 1.28. The number of rotatable bonds is 6. The lowest BCUT2D eigenvalue weighted by Crippen LogP contribution is -2.30. The predicted octanol–water partition coefficient (Wildman–Crippen LogP) is 4.58. The molecule has 7 nitrogen and oxygen atoms in total. The van der Waals surface area contributed by atoms with Crippen LogP contribution in [0.4, 0.5) is 10.8 Å². The van der Waals surface area contributed by atoms with Crippen molar-refractivity contribution in [2.45, 2.75) is 24.9 Å². The molecule has 0 bridgehead atoms. The fourth-order valence-electron chi connectivity index (χ4n) is 3.77. The van der Waals surface area contributed by atoms with Gasteiger partial charge in [0.2, 0.25) is 5.91 Å². The Morgan fingerprint density at radius 3 is 2.82 bits per heavy atom. The quantitative estimate of drug-likeness (QED) is 0.248. The van der Waals surface area contributed by atoms with Crippen LogP contribution in [0, 0.1) is 0 Å². The van der Waals surface area contributed by atoms with Gasteiger partial charge in [0.25, 0.3) is 0 Å². The van der Waals surface area contributed by atoms with E-state index in [2.05, 4.69) is 44.5 Å². The van der Waals surface area contributed by atoms with Crippen LogP contribution in [0.15, 0.2) is 59.9 Å². The predicted molar refractivity (Wildman–Crippen MR) is 132 cm³/mol. The fraction of sp³-hybridized carbons (Fsp3) is 0.208. The van der Waals surface area contributed by atoms with Gasteiger partial charge in [-0.05, 0) is 36.6 Å². The molecule has 0 unspecified atom stereocenters. The highest BCUT2D eigenvalue weighted by Crippen LogP contribution is 2.35. The van der Waals surface area contributed by atoms with E-state index in [0.29, 0.717) is 16.9 Å². The molecule has 0 saturated carbocycles. The number of nitrogens with zero attached hydrogens (tertiary/aromatic N) is 4. The number of hydrogen-bond acceptors (Lipinski definition) is 8. The molecule has 0 radical (unpaired) electrons. The molecule has 166 valence electrons. The first-order valence-corrected chi connectivity index (χ1v) is 12.3. The highest BCUT2D eigenvalue weighted by Gasteiger charge is 2.21. The Kier molecular flexibility index (Phi) is 6.06. The monoisotopic (exact) mass is 475 g/mol. The lowest BCUT2D eigenvalue weighted by Gasteiger charge is -2.28. The van der Waals surface area contributed by atoms with Crippen LogP contribution in [0.5, 0.6) is 0 Å². The van der Waals surface area contributed by atoms with E-state index >= 15 is 0 Å². The largest absolute Gasteiger partial charge is 0.343 e. The number of amides is 1. The number of Topliss-reactive ketones (excluding diaryl/α,β-unsaturated/α-hetero) is 1. The summed E-state index contributed by atoms with van der Waals surface area (Å²) in [6, 6.07) is 15.4. The summed E-state index contributed by atoms with van der Waals surface area (Å²) >= 11 is 2.92. The summed E-state index contributed by atoms with van der Waals surface area (Å²) in [4.78, 5) is 39.8. The van der Waals surface area contributed by atoms with E-state index in [4.69, 9.17) is 4.98 Å². The summed E-state index contributed by atoms with van der Waals surface area (Å²) < 4.78 is 0.891. The molecule has 2 aromatic heterocycles. The third kappa shape index (κ3) is 4.74. The average Bonchev–Trinajstić information content (AvgIpc) is 3.27. The second kappa shape index (κ2) is 9.29.